The molecular formula is C26H24N4O5. The van der Waals surface area contributed by atoms with E-state index < -0.39 is 18.5 Å². The number of nitrogens with one attached hydrogen (secondary N) is 1. The highest BCUT2D eigenvalue weighted by Gasteiger charge is 2.21. The number of aliphatic carboxylic acids is 1. The van der Waals surface area contributed by atoms with Crippen LogP contribution in [0.3, 0.4) is 0 Å². The molecule has 1 aromatic heterocycles. The lowest BCUT2D eigenvalue weighted by Gasteiger charge is -2.13. The van der Waals surface area contributed by atoms with E-state index in [1.807, 2.05) is 55.5 Å². The van der Waals surface area contributed by atoms with Crippen LogP contribution in [0.1, 0.15) is 28.4 Å². The fourth-order valence-corrected chi connectivity index (χ4v) is 3.86. The number of carboxylic acid groups (broad SMARTS) is 1. The van der Waals surface area contributed by atoms with Gasteiger partial charge in [0.05, 0.1) is 29.7 Å². The maximum Gasteiger partial charge on any atom is 0.341 e. The average Bonchev–Trinajstić information content (AvgIpc) is 3.20. The lowest BCUT2D eigenvalue weighted by molar-refractivity contribution is -0.140. The number of benzene rings is 3. The van der Waals surface area contributed by atoms with Crippen LogP contribution < -0.4 is 10.5 Å². The minimum atomic E-state index is -1.24. The molecule has 0 amide bonds. The van der Waals surface area contributed by atoms with E-state index in [1.165, 1.54) is 0 Å². The van der Waals surface area contributed by atoms with E-state index in [9.17, 15) is 9.59 Å². The van der Waals surface area contributed by atoms with Crippen LogP contribution in [0.5, 0.6) is 6.01 Å². The number of aromatic nitrogens is 2. The molecule has 0 fully saturated rings. The van der Waals surface area contributed by atoms with E-state index in [4.69, 9.17) is 25.7 Å². The van der Waals surface area contributed by atoms with Gasteiger partial charge in [-0.1, -0.05) is 54.6 Å². The van der Waals surface area contributed by atoms with Crippen molar-refractivity contribution >= 4 is 28.8 Å². The Labute approximate surface area is 201 Å². The topological polar surface area (TPSA) is 141 Å². The summed E-state index contributed by atoms with van der Waals surface area (Å²) in [6.45, 7) is 1.84. The van der Waals surface area contributed by atoms with E-state index in [2.05, 4.69) is 4.98 Å². The number of nitrogens with zero attached hydrogens (tertiary/aromatic N) is 2. The van der Waals surface area contributed by atoms with E-state index >= 15 is 0 Å². The maximum absolute atomic E-state index is 12.6. The van der Waals surface area contributed by atoms with Gasteiger partial charge in [-0.3, -0.25) is 9.98 Å². The Morgan fingerprint density at radius 2 is 1.74 bits per heavy atom. The van der Waals surface area contributed by atoms with Crippen molar-refractivity contribution in [1.82, 2.24) is 9.55 Å². The van der Waals surface area contributed by atoms with Crippen molar-refractivity contribution in [1.29, 1.82) is 5.41 Å². The lowest BCUT2D eigenvalue weighted by atomic mass is 9.98. The summed E-state index contributed by atoms with van der Waals surface area (Å²) in [5.41, 5.74) is 10.3. The number of rotatable bonds is 9. The predicted octanol–water partition coefficient (Wildman–Crippen LogP) is 3.68. The third-order valence-electron chi connectivity index (χ3n) is 5.37. The number of nitrogens with two attached hydrogens (primary N) is 1. The SMILES string of the molecule is CCOc1nc2cccc(C(=O)OCC(=O)O)c2n1Cc1ccc(-c2ccccc2C(=N)N)cc1. The van der Waals surface area contributed by atoms with Crippen LogP contribution in [0.15, 0.2) is 66.7 Å². The first kappa shape index (κ1) is 23.5. The van der Waals surface area contributed by atoms with Crippen molar-refractivity contribution in [2.75, 3.05) is 13.2 Å². The summed E-state index contributed by atoms with van der Waals surface area (Å²) in [6, 6.07) is 20.6. The van der Waals surface area contributed by atoms with Crippen molar-refractivity contribution in [3.63, 3.8) is 0 Å². The summed E-state index contributed by atoms with van der Waals surface area (Å²) in [5, 5.41) is 16.7. The summed E-state index contributed by atoms with van der Waals surface area (Å²) < 4.78 is 12.4. The predicted molar refractivity (Wildman–Crippen MR) is 131 cm³/mol. The van der Waals surface area contributed by atoms with Crippen LogP contribution in [0.4, 0.5) is 0 Å². The number of carbonyl (C=O) groups is 2. The highest BCUT2D eigenvalue weighted by molar-refractivity contribution is 6.03. The molecule has 4 aromatic rings. The fourth-order valence-electron chi connectivity index (χ4n) is 3.86. The average molecular weight is 473 g/mol. The highest BCUT2D eigenvalue weighted by atomic mass is 16.5. The monoisotopic (exact) mass is 472 g/mol. The number of para-hydroxylation sites is 1. The van der Waals surface area contributed by atoms with Crippen molar-refractivity contribution in [3.8, 4) is 17.1 Å². The molecule has 178 valence electrons. The number of amidine groups is 1. The molecule has 4 rings (SSSR count). The van der Waals surface area contributed by atoms with Crippen LogP contribution >= 0.6 is 0 Å². The molecular weight excluding hydrogens is 448 g/mol. The maximum atomic E-state index is 12.6. The number of hydrogen-bond donors (Lipinski definition) is 3. The summed E-state index contributed by atoms with van der Waals surface area (Å²) in [5.74, 6) is -1.99. The number of ether oxygens (including phenoxy) is 2. The Hall–Kier alpha value is -4.66. The molecule has 4 N–H and O–H groups in total. The van der Waals surface area contributed by atoms with Gasteiger partial charge in [0.1, 0.15) is 5.84 Å². The summed E-state index contributed by atoms with van der Waals surface area (Å²) in [6.07, 6.45) is 0. The molecule has 9 nitrogen and oxygen atoms in total. The second kappa shape index (κ2) is 10.1. The van der Waals surface area contributed by atoms with Crippen LogP contribution in [0.2, 0.25) is 0 Å². The zero-order valence-electron chi connectivity index (χ0n) is 19.0. The van der Waals surface area contributed by atoms with Gasteiger partial charge in [-0.25, -0.2) is 9.59 Å². The lowest BCUT2D eigenvalue weighted by Crippen LogP contribution is -2.14. The van der Waals surface area contributed by atoms with E-state index in [-0.39, 0.29) is 11.4 Å². The Balaban J connectivity index is 1.72. The summed E-state index contributed by atoms with van der Waals surface area (Å²) in [4.78, 5) is 28.0. The van der Waals surface area contributed by atoms with Gasteiger partial charge in [0.25, 0.3) is 6.01 Å². The molecule has 0 aliphatic heterocycles. The quantitative estimate of drug-likeness (QED) is 0.192. The Bertz CT molecular complexity index is 1410. The number of hydrogen-bond acceptors (Lipinski definition) is 6. The Kier molecular flexibility index (Phi) is 6.77. The number of imidazole rings is 1. The van der Waals surface area contributed by atoms with Crippen LogP contribution in [-0.2, 0) is 16.1 Å². The number of carbonyl (C=O) groups excluding carboxylic acids is 1. The van der Waals surface area contributed by atoms with E-state index in [0.29, 0.717) is 35.8 Å². The molecule has 0 radical (unpaired) electrons. The van der Waals surface area contributed by atoms with Gasteiger partial charge in [0.15, 0.2) is 6.61 Å². The smallest absolute Gasteiger partial charge is 0.341 e. The van der Waals surface area contributed by atoms with Gasteiger partial charge in [0.2, 0.25) is 0 Å². The molecule has 0 saturated heterocycles. The number of esters is 1. The molecule has 0 aliphatic carbocycles. The first-order valence-electron chi connectivity index (χ1n) is 10.9. The minimum Gasteiger partial charge on any atom is -0.479 e. The Morgan fingerprint density at radius 1 is 1.03 bits per heavy atom. The van der Waals surface area contributed by atoms with Gasteiger partial charge in [-0.05, 0) is 35.7 Å². The van der Waals surface area contributed by atoms with Crippen molar-refractivity contribution in [2.45, 2.75) is 13.5 Å². The molecule has 0 bridgehead atoms. The molecule has 0 aliphatic rings. The van der Waals surface area contributed by atoms with E-state index in [1.54, 1.807) is 22.8 Å². The largest absolute Gasteiger partial charge is 0.479 e. The molecule has 1 heterocycles. The standard InChI is InChI=1S/C26H24N4O5/c1-2-34-26-29-21-9-5-8-20(25(33)35-15-22(31)32)23(21)30(26)14-16-10-12-17(13-11-16)18-6-3-4-7-19(18)24(27)28/h3-13H,2,14-15H2,1H3,(H3,27,28)(H,31,32). The summed E-state index contributed by atoms with van der Waals surface area (Å²) in [7, 11) is 0. The van der Waals surface area contributed by atoms with Gasteiger partial charge in [0, 0.05) is 5.56 Å². The first-order valence-corrected chi connectivity index (χ1v) is 10.9. The van der Waals surface area contributed by atoms with Gasteiger partial charge in [-0.2, -0.15) is 4.98 Å². The molecule has 0 spiro atoms. The zero-order valence-corrected chi connectivity index (χ0v) is 19.0. The van der Waals surface area contributed by atoms with Gasteiger partial charge >= 0.3 is 11.9 Å². The first-order chi connectivity index (χ1) is 16.9. The van der Waals surface area contributed by atoms with Crippen LogP contribution in [-0.4, -0.2) is 45.6 Å². The summed E-state index contributed by atoms with van der Waals surface area (Å²) >= 11 is 0. The van der Waals surface area contributed by atoms with Crippen molar-refractivity contribution in [3.05, 3.63) is 83.4 Å². The molecule has 9 heteroatoms. The van der Waals surface area contributed by atoms with Crippen molar-refractivity contribution < 1.29 is 24.2 Å². The molecule has 3 aromatic carbocycles. The third kappa shape index (κ3) is 4.98. The number of carboxylic acids is 1. The van der Waals surface area contributed by atoms with Crippen LogP contribution in [0.25, 0.3) is 22.2 Å². The van der Waals surface area contributed by atoms with E-state index in [0.717, 1.165) is 16.7 Å². The highest BCUT2D eigenvalue weighted by Crippen LogP contribution is 2.28. The molecule has 35 heavy (non-hydrogen) atoms. The van der Waals surface area contributed by atoms with Gasteiger partial charge in [-0.15, -0.1) is 0 Å². The molecule has 0 saturated carbocycles. The second-order valence-electron chi connectivity index (χ2n) is 7.71. The minimum absolute atomic E-state index is 0.00164. The van der Waals surface area contributed by atoms with Gasteiger partial charge < -0.3 is 20.3 Å². The second-order valence-corrected chi connectivity index (χ2v) is 7.71. The third-order valence-corrected chi connectivity index (χ3v) is 5.37. The van der Waals surface area contributed by atoms with Crippen molar-refractivity contribution in [2.24, 2.45) is 5.73 Å². The molecule has 0 unspecified atom stereocenters. The number of fused-ring (bicyclic) bond motifs is 1. The van der Waals surface area contributed by atoms with Crippen LogP contribution in [0, 0.1) is 5.41 Å². The number of nitrogen functional groups attached to an aromatic ring is 1. The fraction of sp³-hybridized carbons (Fsp3) is 0.154. The zero-order chi connectivity index (χ0) is 24.9. The molecule has 0 atom stereocenters. The Morgan fingerprint density at radius 3 is 2.43 bits per heavy atom. The normalized spacial score (nSPS) is 10.8.